The molecule has 2 heterocycles. The molecule has 1 aliphatic heterocycles. The number of fused-ring (bicyclic) bond motifs is 5. The van der Waals surface area contributed by atoms with Crippen molar-refractivity contribution in [2.45, 2.75) is 31.7 Å². The normalized spacial score (nSPS) is 19.2. The van der Waals surface area contributed by atoms with E-state index in [2.05, 4.69) is 0 Å². The van der Waals surface area contributed by atoms with E-state index >= 15 is 0 Å². The van der Waals surface area contributed by atoms with E-state index in [0.717, 1.165) is 10.8 Å². The highest BCUT2D eigenvalue weighted by molar-refractivity contribution is 6.07. The third kappa shape index (κ3) is 2.88. The number of hydrogen-bond acceptors (Lipinski definition) is 7. The van der Waals surface area contributed by atoms with Crippen LogP contribution in [-0.2, 0) is 7.05 Å². The largest absolute Gasteiger partial charge is 0.496 e. The van der Waals surface area contributed by atoms with Crippen molar-refractivity contribution in [1.82, 2.24) is 4.57 Å². The maximum atomic E-state index is 13.9. The summed E-state index contributed by atoms with van der Waals surface area (Å²) in [4.78, 5) is 13.9. The number of benzene rings is 3. The second-order valence-electron chi connectivity index (χ2n) is 9.08. The zero-order valence-electron chi connectivity index (χ0n) is 19.9. The van der Waals surface area contributed by atoms with Crippen LogP contribution in [0.4, 0.5) is 0 Å². The van der Waals surface area contributed by atoms with Gasteiger partial charge in [0.15, 0.2) is 0 Å². The first kappa shape index (κ1) is 22.3. The summed E-state index contributed by atoms with van der Waals surface area (Å²) in [6.07, 6.45) is -2.45. The number of aromatic nitrogens is 1. The SMILES string of the molecule is COc1ccc(OC)c2cc3c(cc12)c(=O)c1c(OC)cc2c(c1n3C)C(O)C(O)C(C)(C)O2. The van der Waals surface area contributed by atoms with Gasteiger partial charge in [0, 0.05) is 29.3 Å². The van der Waals surface area contributed by atoms with E-state index in [9.17, 15) is 15.0 Å². The maximum absolute atomic E-state index is 13.9. The number of aliphatic hydroxyl groups excluding tert-OH is 2. The van der Waals surface area contributed by atoms with Gasteiger partial charge in [-0.15, -0.1) is 0 Å². The van der Waals surface area contributed by atoms with Crippen molar-refractivity contribution in [3.05, 3.63) is 46.1 Å². The van der Waals surface area contributed by atoms with E-state index in [1.807, 2.05) is 16.7 Å². The average molecular weight is 466 g/mol. The lowest BCUT2D eigenvalue weighted by Crippen LogP contribution is -2.49. The van der Waals surface area contributed by atoms with Crippen molar-refractivity contribution in [3.8, 4) is 23.0 Å². The molecule has 2 N–H and O–H groups in total. The Morgan fingerprint density at radius 3 is 2.09 bits per heavy atom. The number of hydrogen-bond donors (Lipinski definition) is 2. The summed E-state index contributed by atoms with van der Waals surface area (Å²) in [6.45, 7) is 3.40. The molecule has 2 unspecified atom stereocenters. The Hall–Kier alpha value is -3.49. The molecule has 0 bridgehead atoms. The molecule has 2 atom stereocenters. The third-order valence-corrected chi connectivity index (χ3v) is 6.83. The van der Waals surface area contributed by atoms with E-state index in [-0.39, 0.29) is 5.43 Å². The summed E-state index contributed by atoms with van der Waals surface area (Å²) >= 11 is 0. The van der Waals surface area contributed by atoms with E-state index in [4.69, 9.17) is 18.9 Å². The fourth-order valence-corrected chi connectivity index (χ4v) is 5.02. The van der Waals surface area contributed by atoms with E-state index in [1.54, 1.807) is 53.3 Å². The van der Waals surface area contributed by atoms with Crippen LogP contribution in [-0.4, -0.2) is 47.8 Å². The molecular weight excluding hydrogens is 438 g/mol. The molecule has 1 aromatic heterocycles. The molecule has 34 heavy (non-hydrogen) atoms. The molecule has 0 radical (unpaired) electrons. The Morgan fingerprint density at radius 1 is 0.912 bits per heavy atom. The van der Waals surface area contributed by atoms with E-state index in [0.29, 0.717) is 50.4 Å². The van der Waals surface area contributed by atoms with Crippen molar-refractivity contribution in [3.63, 3.8) is 0 Å². The fourth-order valence-electron chi connectivity index (χ4n) is 5.02. The third-order valence-electron chi connectivity index (χ3n) is 6.83. The monoisotopic (exact) mass is 465 g/mol. The minimum atomic E-state index is -1.26. The predicted molar refractivity (Wildman–Crippen MR) is 130 cm³/mol. The first-order valence-electron chi connectivity index (χ1n) is 10.9. The van der Waals surface area contributed by atoms with Crippen LogP contribution in [0.3, 0.4) is 0 Å². The number of methoxy groups -OCH3 is 3. The van der Waals surface area contributed by atoms with Crippen LogP contribution >= 0.6 is 0 Å². The Morgan fingerprint density at radius 2 is 1.50 bits per heavy atom. The lowest BCUT2D eigenvalue weighted by molar-refractivity contribution is -0.111. The Bertz CT molecular complexity index is 1540. The molecule has 1 aliphatic rings. The van der Waals surface area contributed by atoms with Gasteiger partial charge in [-0.2, -0.15) is 0 Å². The fraction of sp³-hybridized carbons (Fsp3) is 0.346. The summed E-state index contributed by atoms with van der Waals surface area (Å²) < 4.78 is 24.6. The molecule has 0 aliphatic carbocycles. The van der Waals surface area contributed by atoms with Crippen LogP contribution < -0.4 is 24.4 Å². The number of ether oxygens (including phenoxy) is 4. The summed E-state index contributed by atoms with van der Waals surface area (Å²) in [6, 6.07) is 8.87. The highest BCUT2D eigenvalue weighted by Crippen LogP contribution is 2.46. The van der Waals surface area contributed by atoms with Gasteiger partial charge in [-0.05, 0) is 38.1 Å². The molecule has 4 aromatic rings. The van der Waals surface area contributed by atoms with Gasteiger partial charge in [-0.3, -0.25) is 4.79 Å². The first-order valence-corrected chi connectivity index (χ1v) is 10.9. The van der Waals surface area contributed by atoms with E-state index in [1.165, 1.54) is 7.11 Å². The number of aliphatic hydroxyl groups is 2. The van der Waals surface area contributed by atoms with Crippen molar-refractivity contribution >= 4 is 32.6 Å². The van der Waals surface area contributed by atoms with Gasteiger partial charge in [0.05, 0.1) is 43.3 Å². The maximum Gasteiger partial charge on any atom is 0.201 e. The zero-order chi connectivity index (χ0) is 24.5. The standard InChI is InChI=1S/C26H27NO7/c1-26(2)25(30)24(29)21-19(34-26)11-18(33-6)20-22(21)27(3)15-10-13-12(9-14(15)23(20)28)16(31-4)7-8-17(13)32-5/h7-11,24-25,29-30H,1-6H3. The Kier molecular flexibility index (Phi) is 4.93. The van der Waals surface area contributed by atoms with Gasteiger partial charge in [-0.25, -0.2) is 0 Å². The number of aryl methyl sites for hydroxylation is 1. The lowest BCUT2D eigenvalue weighted by Gasteiger charge is -2.40. The van der Waals surface area contributed by atoms with Crippen LogP contribution in [0.1, 0.15) is 25.5 Å². The first-order chi connectivity index (χ1) is 16.1. The molecule has 178 valence electrons. The van der Waals surface area contributed by atoms with Gasteiger partial charge in [-0.1, -0.05) is 0 Å². The van der Waals surface area contributed by atoms with Crippen molar-refractivity contribution in [1.29, 1.82) is 0 Å². The Balaban J connectivity index is 2.01. The molecule has 0 amide bonds. The number of nitrogens with zero attached hydrogens (tertiary/aromatic N) is 1. The van der Waals surface area contributed by atoms with Crippen LogP contribution in [0.15, 0.2) is 35.1 Å². The topological polar surface area (TPSA) is 99.4 Å². The molecule has 0 spiro atoms. The predicted octanol–water partition coefficient (Wildman–Crippen LogP) is 3.44. The second kappa shape index (κ2) is 7.51. The highest BCUT2D eigenvalue weighted by atomic mass is 16.5. The van der Waals surface area contributed by atoms with Gasteiger partial charge in [0.25, 0.3) is 0 Å². The van der Waals surface area contributed by atoms with Crippen molar-refractivity contribution in [2.24, 2.45) is 7.05 Å². The Labute approximate surface area is 195 Å². The van der Waals surface area contributed by atoms with Gasteiger partial charge in [0.1, 0.15) is 40.8 Å². The molecule has 0 fully saturated rings. The summed E-state index contributed by atoms with van der Waals surface area (Å²) in [5.74, 6) is 1.94. The minimum Gasteiger partial charge on any atom is -0.496 e. The quantitative estimate of drug-likeness (QED) is 0.447. The summed E-state index contributed by atoms with van der Waals surface area (Å²) in [7, 11) is 6.45. The zero-order valence-corrected chi connectivity index (χ0v) is 19.9. The van der Waals surface area contributed by atoms with Crippen LogP contribution in [0.25, 0.3) is 32.6 Å². The molecule has 8 nitrogen and oxygen atoms in total. The van der Waals surface area contributed by atoms with Gasteiger partial charge in [0.2, 0.25) is 5.43 Å². The number of pyridine rings is 1. The van der Waals surface area contributed by atoms with Gasteiger partial charge < -0.3 is 33.7 Å². The second-order valence-corrected chi connectivity index (χ2v) is 9.08. The molecule has 0 saturated carbocycles. The summed E-state index contributed by atoms with van der Waals surface area (Å²) in [5.41, 5.74) is 0.123. The lowest BCUT2D eigenvalue weighted by atomic mass is 9.86. The van der Waals surface area contributed by atoms with Crippen molar-refractivity contribution in [2.75, 3.05) is 21.3 Å². The van der Waals surface area contributed by atoms with E-state index < -0.39 is 17.8 Å². The van der Waals surface area contributed by atoms with Crippen molar-refractivity contribution < 1.29 is 29.2 Å². The highest BCUT2D eigenvalue weighted by Gasteiger charge is 2.44. The molecular formula is C26H27NO7. The minimum absolute atomic E-state index is 0.263. The van der Waals surface area contributed by atoms with Crippen LogP contribution in [0.2, 0.25) is 0 Å². The summed E-state index contributed by atoms with van der Waals surface area (Å²) in [5, 5.41) is 24.1. The smallest absolute Gasteiger partial charge is 0.201 e. The van der Waals surface area contributed by atoms with Crippen LogP contribution in [0, 0.1) is 0 Å². The molecule has 0 saturated heterocycles. The average Bonchev–Trinajstić information content (AvgIpc) is 2.83. The van der Waals surface area contributed by atoms with Crippen LogP contribution in [0.5, 0.6) is 23.0 Å². The number of rotatable bonds is 3. The van der Waals surface area contributed by atoms with Gasteiger partial charge >= 0.3 is 0 Å². The molecule has 5 rings (SSSR count). The molecule has 3 aromatic carbocycles. The molecule has 8 heteroatoms.